The lowest BCUT2D eigenvalue weighted by atomic mass is 10.4. The van der Waals surface area contributed by atoms with Crippen LogP contribution in [-0.2, 0) is 4.74 Å². The third-order valence-electron chi connectivity index (χ3n) is 1.42. The van der Waals surface area contributed by atoms with Gasteiger partial charge in [0.05, 0.1) is 13.7 Å². The van der Waals surface area contributed by atoms with Crippen LogP contribution in [0, 0.1) is 6.92 Å². The van der Waals surface area contributed by atoms with Crippen LogP contribution in [0.2, 0.25) is 0 Å². The van der Waals surface area contributed by atoms with Crippen LogP contribution in [0.15, 0.2) is 4.42 Å². The zero-order valence-corrected chi connectivity index (χ0v) is 7.79. The Hall–Kier alpha value is -1.52. The van der Waals surface area contributed by atoms with Crippen molar-refractivity contribution in [1.82, 2.24) is 4.98 Å². The molecule has 0 aliphatic carbocycles. The number of aromatic nitrogens is 1. The molecule has 0 aromatic carbocycles. The highest BCUT2D eigenvalue weighted by Gasteiger charge is 2.18. The van der Waals surface area contributed by atoms with E-state index in [1.165, 1.54) is 7.11 Å². The van der Waals surface area contributed by atoms with E-state index < -0.39 is 5.97 Å². The summed E-state index contributed by atoms with van der Waals surface area (Å²) in [7, 11) is 1.42. The van der Waals surface area contributed by atoms with Gasteiger partial charge in [0, 0.05) is 0 Å². The van der Waals surface area contributed by atoms with Gasteiger partial charge in [0.1, 0.15) is 5.76 Å². The van der Waals surface area contributed by atoms with Gasteiger partial charge in [0.2, 0.25) is 0 Å². The smallest absolute Gasteiger partial charge is 0.394 e. The van der Waals surface area contributed by atoms with E-state index in [0.29, 0.717) is 12.4 Å². The molecular formula is C8H11NO4. The summed E-state index contributed by atoms with van der Waals surface area (Å²) in [5, 5.41) is 0. The topological polar surface area (TPSA) is 61.6 Å². The van der Waals surface area contributed by atoms with E-state index in [1.807, 2.05) is 0 Å². The average Bonchev–Trinajstić information content (AvgIpc) is 2.47. The molecule has 72 valence electrons. The minimum absolute atomic E-state index is 0.0700. The van der Waals surface area contributed by atoms with E-state index in [1.54, 1.807) is 13.8 Å². The number of hydrogen-bond donors (Lipinski definition) is 0. The summed E-state index contributed by atoms with van der Waals surface area (Å²) in [5.74, 6) is -0.0950. The molecule has 0 saturated heterocycles. The standard InChI is InChI=1S/C8H11NO4/c1-4-12-7(10)6-5(2)13-8(9-6)11-3/h4H2,1-3H3. The highest BCUT2D eigenvalue weighted by atomic mass is 16.6. The molecule has 0 aliphatic heterocycles. The average molecular weight is 185 g/mol. The molecule has 1 aromatic heterocycles. The van der Waals surface area contributed by atoms with Crippen LogP contribution in [0.5, 0.6) is 6.08 Å². The fraction of sp³-hybridized carbons (Fsp3) is 0.500. The monoisotopic (exact) mass is 185 g/mol. The molecule has 5 nitrogen and oxygen atoms in total. The first kappa shape index (κ1) is 9.57. The molecule has 0 fully saturated rings. The lowest BCUT2D eigenvalue weighted by Crippen LogP contribution is -2.06. The van der Waals surface area contributed by atoms with Gasteiger partial charge in [-0.3, -0.25) is 0 Å². The molecule has 0 saturated carbocycles. The van der Waals surface area contributed by atoms with Crippen LogP contribution >= 0.6 is 0 Å². The van der Waals surface area contributed by atoms with Crippen molar-refractivity contribution < 1.29 is 18.7 Å². The maximum Gasteiger partial charge on any atom is 0.394 e. The van der Waals surface area contributed by atoms with E-state index in [4.69, 9.17) is 13.9 Å². The first-order chi connectivity index (χ1) is 6.19. The summed E-state index contributed by atoms with van der Waals surface area (Å²) in [6.07, 6.45) is 0.0700. The maximum absolute atomic E-state index is 11.2. The number of oxazole rings is 1. The highest BCUT2D eigenvalue weighted by Crippen LogP contribution is 2.16. The Kier molecular flexibility index (Phi) is 2.89. The van der Waals surface area contributed by atoms with Crippen LogP contribution < -0.4 is 4.74 Å². The van der Waals surface area contributed by atoms with Crippen molar-refractivity contribution in [1.29, 1.82) is 0 Å². The Balaban J connectivity index is 2.87. The molecule has 0 aliphatic rings. The van der Waals surface area contributed by atoms with Crippen molar-refractivity contribution in [2.75, 3.05) is 13.7 Å². The number of methoxy groups -OCH3 is 1. The van der Waals surface area contributed by atoms with Crippen LogP contribution in [0.4, 0.5) is 0 Å². The number of carbonyl (C=O) groups excluding carboxylic acids is 1. The molecule has 0 spiro atoms. The van der Waals surface area contributed by atoms with E-state index in [9.17, 15) is 4.79 Å². The second kappa shape index (κ2) is 3.93. The Morgan fingerprint density at radius 1 is 1.62 bits per heavy atom. The van der Waals surface area contributed by atoms with Gasteiger partial charge in [0.15, 0.2) is 5.69 Å². The van der Waals surface area contributed by atoms with Gasteiger partial charge in [0.25, 0.3) is 0 Å². The zero-order valence-electron chi connectivity index (χ0n) is 7.79. The normalized spacial score (nSPS) is 9.77. The molecule has 0 bridgehead atoms. The minimum Gasteiger partial charge on any atom is -0.461 e. The van der Waals surface area contributed by atoms with Crippen molar-refractivity contribution >= 4 is 5.97 Å². The SMILES string of the molecule is CCOC(=O)c1nc(OC)oc1C. The molecule has 1 heterocycles. The molecule has 0 atom stereocenters. The molecule has 0 unspecified atom stereocenters. The van der Waals surface area contributed by atoms with Crippen LogP contribution in [0.3, 0.4) is 0 Å². The number of aryl methyl sites for hydroxylation is 1. The van der Waals surface area contributed by atoms with E-state index in [-0.39, 0.29) is 11.8 Å². The number of carbonyl (C=O) groups is 1. The summed E-state index contributed by atoms with van der Waals surface area (Å²) >= 11 is 0. The molecule has 5 heteroatoms. The van der Waals surface area contributed by atoms with E-state index in [0.717, 1.165) is 0 Å². The molecule has 1 rings (SSSR count). The molecule has 0 N–H and O–H groups in total. The predicted octanol–water partition coefficient (Wildman–Crippen LogP) is 1.17. The fourth-order valence-electron chi connectivity index (χ4n) is 0.848. The van der Waals surface area contributed by atoms with Crippen molar-refractivity contribution in [2.45, 2.75) is 13.8 Å². The maximum atomic E-state index is 11.2. The summed E-state index contributed by atoms with van der Waals surface area (Å²) in [5.41, 5.74) is 0.165. The van der Waals surface area contributed by atoms with Crippen LogP contribution in [0.25, 0.3) is 0 Å². The Bertz CT molecular complexity index is 305. The van der Waals surface area contributed by atoms with Crippen LogP contribution in [0.1, 0.15) is 23.2 Å². The molecular weight excluding hydrogens is 174 g/mol. The van der Waals surface area contributed by atoms with Gasteiger partial charge in [-0.05, 0) is 13.8 Å². The second-order valence-corrected chi connectivity index (χ2v) is 2.31. The molecule has 0 amide bonds. The fourth-order valence-corrected chi connectivity index (χ4v) is 0.848. The largest absolute Gasteiger partial charge is 0.461 e. The zero-order chi connectivity index (χ0) is 9.84. The number of rotatable bonds is 3. The van der Waals surface area contributed by atoms with Crippen molar-refractivity contribution in [3.63, 3.8) is 0 Å². The van der Waals surface area contributed by atoms with Crippen LogP contribution in [-0.4, -0.2) is 24.7 Å². The van der Waals surface area contributed by atoms with Gasteiger partial charge < -0.3 is 13.9 Å². The molecule has 0 radical (unpaired) electrons. The first-order valence-corrected chi connectivity index (χ1v) is 3.87. The Morgan fingerprint density at radius 2 is 2.31 bits per heavy atom. The second-order valence-electron chi connectivity index (χ2n) is 2.31. The van der Waals surface area contributed by atoms with E-state index in [2.05, 4.69) is 4.98 Å². The summed E-state index contributed by atoms with van der Waals surface area (Å²) < 4.78 is 14.5. The Labute approximate surface area is 75.7 Å². The number of hydrogen-bond acceptors (Lipinski definition) is 5. The minimum atomic E-state index is -0.493. The number of nitrogens with zero attached hydrogens (tertiary/aromatic N) is 1. The van der Waals surface area contributed by atoms with Gasteiger partial charge >= 0.3 is 12.0 Å². The highest BCUT2D eigenvalue weighted by molar-refractivity contribution is 5.88. The third-order valence-corrected chi connectivity index (χ3v) is 1.42. The molecule has 13 heavy (non-hydrogen) atoms. The number of ether oxygens (including phenoxy) is 2. The van der Waals surface area contributed by atoms with Gasteiger partial charge in [-0.2, -0.15) is 4.98 Å². The molecule has 1 aromatic rings. The first-order valence-electron chi connectivity index (χ1n) is 3.87. The quantitative estimate of drug-likeness (QED) is 0.661. The third kappa shape index (κ3) is 1.99. The van der Waals surface area contributed by atoms with E-state index >= 15 is 0 Å². The van der Waals surface area contributed by atoms with Gasteiger partial charge in [-0.1, -0.05) is 0 Å². The van der Waals surface area contributed by atoms with Crippen molar-refractivity contribution in [2.24, 2.45) is 0 Å². The van der Waals surface area contributed by atoms with Crippen molar-refractivity contribution in [3.8, 4) is 6.08 Å². The lowest BCUT2D eigenvalue weighted by Gasteiger charge is -1.96. The van der Waals surface area contributed by atoms with Gasteiger partial charge in [-0.15, -0.1) is 0 Å². The Morgan fingerprint density at radius 3 is 2.77 bits per heavy atom. The predicted molar refractivity (Wildman–Crippen MR) is 43.7 cm³/mol. The summed E-state index contributed by atoms with van der Waals surface area (Å²) in [6, 6.07) is 0. The number of esters is 1. The summed E-state index contributed by atoms with van der Waals surface area (Å²) in [4.78, 5) is 15.0. The summed E-state index contributed by atoms with van der Waals surface area (Å²) in [6.45, 7) is 3.67. The lowest BCUT2D eigenvalue weighted by molar-refractivity contribution is 0.0518. The van der Waals surface area contributed by atoms with Crippen molar-refractivity contribution in [3.05, 3.63) is 11.5 Å². The van der Waals surface area contributed by atoms with Gasteiger partial charge in [-0.25, -0.2) is 4.79 Å².